The summed E-state index contributed by atoms with van der Waals surface area (Å²) in [7, 11) is 1.84. The molecule has 1 N–H and O–H groups in total. The van der Waals surface area contributed by atoms with Crippen molar-refractivity contribution in [1.82, 2.24) is 15.1 Å². The summed E-state index contributed by atoms with van der Waals surface area (Å²) in [5, 5.41) is 7.35. The molecule has 6 rings (SSSR count). The first-order valence-corrected chi connectivity index (χ1v) is 14.0. The van der Waals surface area contributed by atoms with E-state index in [1.165, 1.54) is 34.4 Å². The summed E-state index contributed by atoms with van der Waals surface area (Å²) in [6, 6.07) is 23.1. The average molecular weight is 537 g/mol. The number of aromatic amines is 1. The van der Waals surface area contributed by atoms with Crippen LogP contribution in [0.4, 0.5) is 10.1 Å². The Bertz CT molecular complexity index is 1560. The standard InChI is InChI=1S/C33H33FN4O2/c1-37(15-6-2-3-11-27-20-31(36-35-27)23-9-7-10-26(34)17-23)33(40)25-19-32(39)38(21-25)28-13-14-30-24(18-28)16-22-8-4-5-12-29(22)30/h4-5,7-10,12-14,17-18,20,25H,2-3,6,11,15-16,19,21H2,1H3,(H,35,36). The van der Waals surface area contributed by atoms with Crippen molar-refractivity contribution < 1.29 is 14.0 Å². The van der Waals surface area contributed by atoms with Crippen molar-refractivity contribution >= 4 is 17.5 Å². The first kappa shape index (κ1) is 26.0. The molecule has 1 fully saturated rings. The largest absolute Gasteiger partial charge is 0.345 e. The number of aromatic nitrogens is 2. The minimum absolute atomic E-state index is 0.0133. The van der Waals surface area contributed by atoms with Crippen molar-refractivity contribution in [2.75, 3.05) is 25.0 Å². The summed E-state index contributed by atoms with van der Waals surface area (Å²) >= 11 is 0. The smallest absolute Gasteiger partial charge is 0.227 e. The van der Waals surface area contributed by atoms with Gasteiger partial charge in [-0.25, -0.2) is 4.39 Å². The number of amides is 2. The molecule has 1 atom stereocenters. The molecule has 0 radical (unpaired) electrons. The minimum Gasteiger partial charge on any atom is -0.345 e. The van der Waals surface area contributed by atoms with Gasteiger partial charge in [-0.1, -0.05) is 48.9 Å². The van der Waals surface area contributed by atoms with Crippen LogP contribution in [0.25, 0.3) is 22.4 Å². The molecule has 4 aromatic rings. The molecule has 1 aromatic heterocycles. The van der Waals surface area contributed by atoms with Crippen LogP contribution < -0.4 is 4.90 Å². The lowest BCUT2D eigenvalue weighted by Gasteiger charge is -2.22. The average Bonchev–Trinajstić information content (AvgIpc) is 3.68. The molecule has 2 heterocycles. The molecule has 1 aliphatic carbocycles. The highest BCUT2D eigenvalue weighted by atomic mass is 19.1. The number of rotatable bonds is 9. The molecule has 6 nitrogen and oxygen atoms in total. The van der Waals surface area contributed by atoms with E-state index in [0.717, 1.165) is 54.7 Å². The number of benzene rings is 3. The second-order valence-corrected chi connectivity index (χ2v) is 10.9. The lowest BCUT2D eigenvalue weighted by molar-refractivity contribution is -0.134. The first-order valence-electron chi connectivity index (χ1n) is 14.0. The van der Waals surface area contributed by atoms with Crippen molar-refractivity contribution in [3.63, 3.8) is 0 Å². The van der Waals surface area contributed by atoms with Gasteiger partial charge in [0.1, 0.15) is 5.82 Å². The molecule has 2 aliphatic rings. The summed E-state index contributed by atoms with van der Waals surface area (Å²) in [5.74, 6) is -0.531. The van der Waals surface area contributed by atoms with Crippen LogP contribution in [0.1, 0.15) is 42.5 Å². The van der Waals surface area contributed by atoms with Gasteiger partial charge in [0.2, 0.25) is 11.8 Å². The Labute approximate surface area is 233 Å². The Hall–Kier alpha value is -4.26. The van der Waals surface area contributed by atoms with Crippen LogP contribution in [0, 0.1) is 11.7 Å². The van der Waals surface area contributed by atoms with E-state index in [2.05, 4.69) is 46.6 Å². The van der Waals surface area contributed by atoms with E-state index in [1.807, 2.05) is 25.2 Å². The molecule has 204 valence electrons. The fourth-order valence-electron chi connectivity index (χ4n) is 5.97. The normalized spacial score (nSPS) is 15.8. The third kappa shape index (κ3) is 5.28. The second kappa shape index (κ2) is 11.1. The lowest BCUT2D eigenvalue weighted by Crippen LogP contribution is -2.35. The van der Waals surface area contributed by atoms with Crippen LogP contribution in [0.2, 0.25) is 0 Å². The van der Waals surface area contributed by atoms with Crippen LogP contribution >= 0.6 is 0 Å². The zero-order valence-electron chi connectivity index (χ0n) is 22.7. The number of H-pyrrole nitrogens is 1. The molecule has 7 heteroatoms. The van der Waals surface area contributed by atoms with Crippen molar-refractivity contribution in [2.24, 2.45) is 5.92 Å². The van der Waals surface area contributed by atoms with Gasteiger partial charge in [0.05, 0.1) is 11.6 Å². The number of hydrogen-bond donors (Lipinski definition) is 1. The summed E-state index contributed by atoms with van der Waals surface area (Å²) < 4.78 is 13.5. The molecular weight excluding hydrogens is 503 g/mol. The van der Waals surface area contributed by atoms with E-state index < -0.39 is 0 Å². The fraction of sp³-hybridized carbons (Fsp3) is 0.303. The van der Waals surface area contributed by atoms with Crippen molar-refractivity contribution in [2.45, 2.75) is 38.5 Å². The maximum atomic E-state index is 13.5. The number of halogens is 1. The molecule has 0 spiro atoms. The summed E-state index contributed by atoms with van der Waals surface area (Å²) in [5.41, 5.74) is 8.45. The van der Waals surface area contributed by atoms with Gasteiger partial charge >= 0.3 is 0 Å². The van der Waals surface area contributed by atoms with Crippen molar-refractivity contribution in [1.29, 1.82) is 0 Å². The van der Waals surface area contributed by atoms with Gasteiger partial charge in [-0.2, -0.15) is 5.10 Å². The third-order valence-corrected chi connectivity index (χ3v) is 8.13. The number of nitrogens with zero attached hydrogens (tertiary/aromatic N) is 3. The molecule has 1 aliphatic heterocycles. The highest BCUT2D eigenvalue weighted by Crippen LogP contribution is 2.39. The topological polar surface area (TPSA) is 69.3 Å². The van der Waals surface area contributed by atoms with E-state index in [9.17, 15) is 14.0 Å². The fourth-order valence-corrected chi connectivity index (χ4v) is 5.97. The Morgan fingerprint density at radius 3 is 2.73 bits per heavy atom. The quantitative estimate of drug-likeness (QED) is 0.235. The van der Waals surface area contributed by atoms with Gasteiger partial charge < -0.3 is 9.80 Å². The van der Waals surface area contributed by atoms with E-state index >= 15 is 0 Å². The molecule has 2 amide bonds. The SMILES string of the molecule is CN(CCCCCc1cc(-c2cccc(F)c2)n[nH]1)C(=O)C1CC(=O)N(c2ccc3c(c2)Cc2ccccc2-3)C1. The maximum Gasteiger partial charge on any atom is 0.227 e. The molecule has 1 saturated heterocycles. The van der Waals surface area contributed by atoms with Crippen LogP contribution in [0.3, 0.4) is 0 Å². The Kier molecular flexibility index (Phi) is 7.20. The second-order valence-electron chi connectivity index (χ2n) is 10.9. The van der Waals surface area contributed by atoms with Gasteiger partial charge in [-0.3, -0.25) is 14.7 Å². The van der Waals surface area contributed by atoms with Gasteiger partial charge in [-0.05, 0) is 78.3 Å². The number of carbonyl (C=O) groups excluding carboxylic acids is 2. The van der Waals surface area contributed by atoms with Gasteiger partial charge in [0, 0.05) is 43.5 Å². The summed E-state index contributed by atoms with van der Waals surface area (Å²) in [6.07, 6.45) is 4.81. The van der Waals surface area contributed by atoms with E-state index in [-0.39, 0.29) is 30.0 Å². The van der Waals surface area contributed by atoms with Crippen molar-refractivity contribution in [3.05, 3.63) is 95.4 Å². The molecule has 0 bridgehead atoms. The lowest BCUT2D eigenvalue weighted by atomic mass is 10.1. The molecular formula is C33H33FN4O2. The third-order valence-electron chi connectivity index (χ3n) is 8.13. The number of carbonyl (C=O) groups is 2. The highest BCUT2D eigenvalue weighted by Gasteiger charge is 2.36. The van der Waals surface area contributed by atoms with Crippen LogP contribution in [-0.4, -0.2) is 47.0 Å². The van der Waals surface area contributed by atoms with Gasteiger partial charge in [0.25, 0.3) is 0 Å². The predicted molar refractivity (Wildman–Crippen MR) is 154 cm³/mol. The minimum atomic E-state index is -0.311. The predicted octanol–water partition coefficient (Wildman–Crippen LogP) is 6.01. The maximum absolute atomic E-state index is 13.5. The molecule has 1 unspecified atom stereocenters. The van der Waals surface area contributed by atoms with Crippen LogP contribution in [0.5, 0.6) is 0 Å². The van der Waals surface area contributed by atoms with E-state index in [1.54, 1.807) is 15.9 Å². The number of aryl methyl sites for hydroxylation is 1. The molecule has 0 saturated carbocycles. The van der Waals surface area contributed by atoms with Crippen molar-refractivity contribution in [3.8, 4) is 22.4 Å². The molecule has 40 heavy (non-hydrogen) atoms. The number of hydrogen-bond acceptors (Lipinski definition) is 3. The van der Waals surface area contributed by atoms with Crippen LogP contribution in [0.15, 0.2) is 72.8 Å². The monoisotopic (exact) mass is 536 g/mol. The van der Waals surface area contributed by atoms with E-state index in [4.69, 9.17) is 0 Å². The zero-order valence-corrected chi connectivity index (χ0v) is 22.7. The molecule has 3 aromatic carbocycles. The number of unbranched alkanes of at least 4 members (excludes halogenated alkanes) is 2. The highest BCUT2D eigenvalue weighted by molar-refractivity contribution is 6.00. The Balaban J connectivity index is 0.967. The number of anilines is 1. The number of nitrogens with one attached hydrogen (secondary N) is 1. The number of fused-ring (bicyclic) bond motifs is 3. The first-order chi connectivity index (χ1) is 19.5. The van der Waals surface area contributed by atoms with Gasteiger partial charge in [0.15, 0.2) is 0 Å². The van der Waals surface area contributed by atoms with Crippen LogP contribution in [-0.2, 0) is 22.4 Å². The zero-order chi connectivity index (χ0) is 27.6. The summed E-state index contributed by atoms with van der Waals surface area (Å²) in [6.45, 7) is 1.10. The van der Waals surface area contributed by atoms with Gasteiger partial charge in [-0.15, -0.1) is 0 Å². The Morgan fingerprint density at radius 1 is 1.00 bits per heavy atom. The van der Waals surface area contributed by atoms with E-state index in [0.29, 0.717) is 13.1 Å². The Morgan fingerprint density at radius 2 is 1.85 bits per heavy atom. The summed E-state index contributed by atoms with van der Waals surface area (Å²) in [4.78, 5) is 29.6.